The summed E-state index contributed by atoms with van der Waals surface area (Å²) in [6.07, 6.45) is -0.782. The van der Waals surface area contributed by atoms with Crippen LogP contribution in [0.5, 0.6) is 0 Å². The Morgan fingerprint density at radius 2 is 1.85 bits per heavy atom. The molecule has 0 aromatic rings. The lowest BCUT2D eigenvalue weighted by Gasteiger charge is -2.49. The van der Waals surface area contributed by atoms with Gasteiger partial charge in [-0.05, 0) is 32.1 Å². The Morgan fingerprint density at radius 1 is 1.15 bits per heavy atom. The van der Waals surface area contributed by atoms with Crippen molar-refractivity contribution >= 4 is 17.9 Å². The lowest BCUT2D eigenvalue weighted by atomic mass is 9.44. The number of fused-ring (bicyclic) bond motifs is 2. The molecule has 4 bridgehead atoms. The molecule has 4 saturated heterocycles. The van der Waals surface area contributed by atoms with E-state index in [1.165, 1.54) is 0 Å². The molecule has 6 fully saturated rings. The van der Waals surface area contributed by atoms with E-state index in [9.17, 15) is 14.4 Å². The minimum atomic E-state index is -1.13. The van der Waals surface area contributed by atoms with Crippen LogP contribution >= 0.6 is 0 Å². The Balaban J connectivity index is 1.66. The zero-order valence-corrected chi connectivity index (χ0v) is 15.2. The normalized spacial score (nSPS) is 62.5. The molecule has 2 spiro atoms. The highest BCUT2D eigenvalue weighted by atomic mass is 16.7. The van der Waals surface area contributed by atoms with Crippen LogP contribution in [0, 0.1) is 28.6 Å². The minimum absolute atomic E-state index is 0.0175. The largest absolute Gasteiger partial charge is 0.461 e. The molecular formula is C19H22O7. The van der Waals surface area contributed by atoms with Crippen molar-refractivity contribution in [3.63, 3.8) is 0 Å². The second kappa shape index (κ2) is 3.81. The molecule has 7 heteroatoms. The monoisotopic (exact) mass is 362 g/mol. The number of ether oxygens (including phenoxy) is 4. The molecule has 0 radical (unpaired) electrons. The van der Waals surface area contributed by atoms with Crippen molar-refractivity contribution in [3.8, 4) is 0 Å². The second-order valence-corrected chi connectivity index (χ2v) is 9.19. The zero-order chi connectivity index (χ0) is 18.4. The van der Waals surface area contributed by atoms with E-state index >= 15 is 0 Å². The van der Waals surface area contributed by atoms with Crippen molar-refractivity contribution in [1.82, 2.24) is 0 Å². The van der Waals surface area contributed by atoms with Crippen molar-refractivity contribution < 1.29 is 33.3 Å². The predicted octanol–water partition coefficient (Wildman–Crippen LogP) is 0.979. The second-order valence-electron chi connectivity index (χ2n) is 9.19. The lowest BCUT2D eigenvalue weighted by Crippen LogP contribution is -2.69. The topological polar surface area (TPSA) is 88.1 Å². The van der Waals surface area contributed by atoms with Crippen LogP contribution in [0.3, 0.4) is 0 Å². The van der Waals surface area contributed by atoms with Gasteiger partial charge in [-0.25, -0.2) is 0 Å². The Bertz CT molecular complexity index is 806. The van der Waals surface area contributed by atoms with Gasteiger partial charge in [0.2, 0.25) is 0 Å². The molecule has 0 amide bonds. The number of hydrogen-bond donors (Lipinski definition) is 0. The summed E-state index contributed by atoms with van der Waals surface area (Å²) in [6.45, 7) is 7.50. The van der Waals surface area contributed by atoms with E-state index in [-0.39, 0.29) is 48.2 Å². The van der Waals surface area contributed by atoms with E-state index in [0.29, 0.717) is 6.42 Å². The fourth-order valence-electron chi connectivity index (χ4n) is 8.37. The summed E-state index contributed by atoms with van der Waals surface area (Å²) < 4.78 is 23.8. The summed E-state index contributed by atoms with van der Waals surface area (Å²) in [6, 6.07) is 0. The third-order valence-corrected chi connectivity index (χ3v) is 8.80. The van der Waals surface area contributed by atoms with Gasteiger partial charge in [0.15, 0.2) is 12.2 Å². The van der Waals surface area contributed by atoms with Crippen LogP contribution in [-0.4, -0.2) is 47.4 Å². The summed E-state index contributed by atoms with van der Waals surface area (Å²) in [4.78, 5) is 38.8. The first-order valence-corrected chi connectivity index (χ1v) is 9.53. The molecule has 10 atom stereocenters. The van der Waals surface area contributed by atoms with Crippen LogP contribution in [0.1, 0.15) is 40.5 Å². The summed E-state index contributed by atoms with van der Waals surface area (Å²) in [5.41, 5.74) is -4.28. The molecule has 7 nitrogen and oxygen atoms in total. The summed E-state index contributed by atoms with van der Waals surface area (Å²) in [5, 5.41) is 0. The molecule has 0 aromatic heterocycles. The minimum Gasteiger partial charge on any atom is -0.461 e. The first kappa shape index (κ1) is 15.4. The number of esters is 3. The first-order chi connectivity index (χ1) is 12.2. The first-order valence-electron chi connectivity index (χ1n) is 9.53. The maximum absolute atomic E-state index is 13.4. The molecule has 140 valence electrons. The molecule has 0 aromatic carbocycles. The van der Waals surface area contributed by atoms with Crippen molar-refractivity contribution in [2.45, 2.75) is 70.1 Å². The fourth-order valence-corrected chi connectivity index (χ4v) is 8.37. The van der Waals surface area contributed by atoms with Gasteiger partial charge in [-0.1, -0.05) is 13.8 Å². The van der Waals surface area contributed by atoms with Crippen LogP contribution in [0.25, 0.3) is 0 Å². The molecule has 2 saturated carbocycles. The Morgan fingerprint density at radius 3 is 2.54 bits per heavy atom. The number of carbonyl (C=O) groups is 3. The predicted molar refractivity (Wildman–Crippen MR) is 83.5 cm³/mol. The number of carbonyl (C=O) groups excluding carboxylic acids is 3. The average Bonchev–Trinajstić information content (AvgIpc) is 3.25. The van der Waals surface area contributed by atoms with Crippen LogP contribution in [0.15, 0.2) is 0 Å². The third kappa shape index (κ3) is 0.994. The molecule has 4 heterocycles. The highest BCUT2D eigenvalue weighted by Crippen LogP contribution is 2.88. The average molecular weight is 362 g/mol. The maximum Gasteiger partial charge on any atom is 0.317 e. The quantitative estimate of drug-likeness (QED) is 0.534. The molecule has 26 heavy (non-hydrogen) atoms. The highest BCUT2D eigenvalue weighted by molar-refractivity contribution is 5.98. The van der Waals surface area contributed by atoms with Crippen LogP contribution in [0.4, 0.5) is 0 Å². The van der Waals surface area contributed by atoms with E-state index in [0.717, 1.165) is 0 Å². The number of hydrogen-bond acceptors (Lipinski definition) is 7. The van der Waals surface area contributed by atoms with Gasteiger partial charge in [0.25, 0.3) is 0 Å². The van der Waals surface area contributed by atoms with Crippen LogP contribution < -0.4 is 0 Å². The van der Waals surface area contributed by atoms with Gasteiger partial charge >= 0.3 is 17.9 Å². The van der Waals surface area contributed by atoms with Crippen molar-refractivity contribution in [2.75, 3.05) is 0 Å². The van der Waals surface area contributed by atoms with Gasteiger partial charge in [0, 0.05) is 12.3 Å². The van der Waals surface area contributed by atoms with E-state index in [4.69, 9.17) is 18.9 Å². The van der Waals surface area contributed by atoms with Crippen molar-refractivity contribution in [2.24, 2.45) is 28.6 Å². The van der Waals surface area contributed by atoms with Crippen LogP contribution in [-0.2, 0) is 33.3 Å². The maximum atomic E-state index is 13.4. The van der Waals surface area contributed by atoms with Crippen LogP contribution in [0.2, 0.25) is 0 Å². The van der Waals surface area contributed by atoms with E-state index in [2.05, 4.69) is 6.92 Å². The number of rotatable bonds is 2. The van der Waals surface area contributed by atoms with Gasteiger partial charge in [0.05, 0.1) is 0 Å². The van der Waals surface area contributed by atoms with E-state index in [1.807, 2.05) is 13.8 Å². The third-order valence-electron chi connectivity index (χ3n) is 8.80. The summed E-state index contributed by atoms with van der Waals surface area (Å²) >= 11 is 0. The van der Waals surface area contributed by atoms with E-state index < -0.39 is 34.2 Å². The summed E-state index contributed by atoms with van der Waals surface area (Å²) in [5.74, 6) is -1.11. The highest BCUT2D eigenvalue weighted by Gasteiger charge is 3.03. The van der Waals surface area contributed by atoms with Gasteiger partial charge in [-0.15, -0.1) is 0 Å². The smallest absolute Gasteiger partial charge is 0.317 e. The van der Waals surface area contributed by atoms with Gasteiger partial charge in [0.1, 0.15) is 28.1 Å². The van der Waals surface area contributed by atoms with Crippen molar-refractivity contribution in [3.05, 3.63) is 0 Å². The van der Waals surface area contributed by atoms with Gasteiger partial charge < -0.3 is 18.9 Å². The molecular weight excluding hydrogens is 340 g/mol. The summed E-state index contributed by atoms with van der Waals surface area (Å²) in [7, 11) is 0. The molecule has 4 aliphatic heterocycles. The molecule has 6 rings (SSSR count). The molecule has 10 unspecified atom stereocenters. The molecule has 6 aliphatic rings. The fraction of sp³-hybridized carbons (Fsp3) is 0.842. The van der Waals surface area contributed by atoms with Gasteiger partial charge in [-0.3, -0.25) is 14.4 Å². The Labute approximate surface area is 150 Å². The van der Waals surface area contributed by atoms with Crippen molar-refractivity contribution in [1.29, 1.82) is 0 Å². The standard InChI is InChI=1S/C19H22O7/c1-5-10(20)24-12-13-16(3)18(14(21)25-13)8-6-9-11(7(8)2)19(18,15(22)23-9)17(12,4)26-16/h7-9,11-13H,5-6H2,1-4H3. The zero-order valence-electron chi connectivity index (χ0n) is 15.2. The van der Waals surface area contributed by atoms with E-state index in [1.54, 1.807) is 6.92 Å². The molecule has 0 N–H and O–H groups in total. The SMILES string of the molecule is CCC(=O)OC1C2OC(=O)C34C5CC6OC(=O)C3(C6C5C)C1(C)OC24C. The molecule has 2 aliphatic carbocycles. The Hall–Kier alpha value is -1.63. The van der Waals surface area contributed by atoms with Gasteiger partial charge in [-0.2, -0.15) is 0 Å². The lowest BCUT2D eigenvalue weighted by molar-refractivity contribution is -0.182. The Kier molecular flexibility index (Phi) is 2.26.